The lowest BCUT2D eigenvalue weighted by Gasteiger charge is -2.22. The van der Waals surface area contributed by atoms with E-state index in [-0.39, 0.29) is 33.1 Å². The molecule has 1 aromatic heterocycles. The van der Waals surface area contributed by atoms with Gasteiger partial charge >= 0.3 is 11.9 Å². The zero-order valence-corrected chi connectivity index (χ0v) is 23.6. The normalized spacial score (nSPS) is 12.8. The first-order valence-corrected chi connectivity index (χ1v) is 12.7. The molecule has 4 N–H and O–H groups in total. The second-order valence-electron chi connectivity index (χ2n) is 9.18. The Morgan fingerprint density at radius 2 is 1.71 bits per heavy atom. The van der Waals surface area contributed by atoms with Crippen LogP contribution < -0.4 is 22.1 Å². The number of rotatable bonds is 8. The number of nitrogens with zero attached hydrogens (tertiary/aromatic N) is 3. The van der Waals surface area contributed by atoms with Crippen LogP contribution in [0.1, 0.15) is 25.5 Å². The van der Waals surface area contributed by atoms with Crippen molar-refractivity contribution >= 4 is 58.7 Å². The second-order valence-corrected chi connectivity index (χ2v) is 10.4. The average molecular weight is 634 g/mol. The van der Waals surface area contributed by atoms with Crippen molar-refractivity contribution in [3.05, 3.63) is 79.7 Å². The fourth-order valence-corrected chi connectivity index (χ4v) is 3.87. The van der Waals surface area contributed by atoms with Crippen LogP contribution in [0.5, 0.6) is 0 Å². The molecule has 0 radical (unpaired) electrons. The van der Waals surface area contributed by atoms with Crippen molar-refractivity contribution in [1.82, 2.24) is 25.0 Å². The summed E-state index contributed by atoms with van der Waals surface area (Å²) in [4.78, 5) is 51.4. The maximum atomic E-state index is 13.1. The molecule has 3 amide bonds. The van der Waals surface area contributed by atoms with E-state index in [1.807, 2.05) is 0 Å². The van der Waals surface area contributed by atoms with E-state index in [4.69, 9.17) is 40.5 Å². The monoisotopic (exact) mass is 632 g/mol. The number of nitrogens with two attached hydrogens (primary N) is 1. The molecule has 0 aliphatic carbocycles. The van der Waals surface area contributed by atoms with Gasteiger partial charge in [0.1, 0.15) is 12.6 Å². The van der Waals surface area contributed by atoms with Gasteiger partial charge in [0, 0.05) is 28.4 Å². The lowest BCUT2D eigenvalue weighted by molar-refractivity contribution is -0.136. The molecule has 0 aliphatic heterocycles. The smallest absolute Gasteiger partial charge is 0.339 e. The predicted octanol–water partition coefficient (Wildman–Crippen LogP) is 3.94. The van der Waals surface area contributed by atoms with Crippen molar-refractivity contribution in [2.75, 3.05) is 0 Å². The Morgan fingerprint density at radius 1 is 1.07 bits per heavy atom. The van der Waals surface area contributed by atoms with E-state index in [0.29, 0.717) is 20.5 Å². The highest BCUT2D eigenvalue weighted by atomic mass is 35.5. The molecule has 3 rings (SSSR count). The van der Waals surface area contributed by atoms with Gasteiger partial charge < -0.3 is 11.1 Å². The molecule has 0 saturated heterocycles. The molecule has 1 unspecified atom stereocenters. The molecule has 1 heterocycles. The predicted molar refractivity (Wildman–Crippen MR) is 147 cm³/mol. The van der Waals surface area contributed by atoms with Crippen molar-refractivity contribution in [1.29, 1.82) is 0 Å². The molecular formula is C25H22Cl3F3N6O4. The van der Waals surface area contributed by atoms with Crippen LogP contribution in [-0.2, 0) is 20.9 Å². The molecular weight excluding hydrogens is 612 g/mol. The summed E-state index contributed by atoms with van der Waals surface area (Å²) in [6.07, 6.45) is -4.45. The first-order valence-electron chi connectivity index (χ1n) is 11.6. The molecule has 0 fully saturated rings. The maximum absolute atomic E-state index is 13.1. The number of halogens is 6. The minimum absolute atomic E-state index is 0.0143. The molecule has 0 bridgehead atoms. The van der Waals surface area contributed by atoms with Gasteiger partial charge in [0.2, 0.25) is 11.8 Å². The topological polar surface area (TPSA) is 141 Å². The quantitative estimate of drug-likeness (QED) is 0.343. The van der Waals surface area contributed by atoms with Crippen LogP contribution in [-0.4, -0.2) is 43.8 Å². The van der Waals surface area contributed by atoms with E-state index in [9.17, 15) is 32.3 Å². The maximum Gasteiger partial charge on any atom is 0.411 e. The summed E-state index contributed by atoms with van der Waals surface area (Å²) in [5.74, 6) is -3.07. The van der Waals surface area contributed by atoms with Crippen LogP contribution in [0.4, 0.5) is 13.2 Å². The first kappa shape index (κ1) is 31.9. The number of benzene rings is 2. The standard InChI is InChI=1S/C25H22Cl3F3N6O4/c1-24(2,32)22(40)34-21(39)19(15-4-3-5-16(27)18(15)28)33-17(38)12-37-23(41)36(11-10-25(29,30)31)20(35-37)13-6-8-14(26)9-7-13/h3-11,19H,12,32H2,1-2H3,(H,33,38)(H,34,39,40)/b11-10+. The third-order valence-electron chi connectivity index (χ3n) is 5.36. The highest BCUT2D eigenvalue weighted by molar-refractivity contribution is 6.42. The van der Waals surface area contributed by atoms with Crippen molar-refractivity contribution < 1.29 is 27.6 Å². The summed E-state index contributed by atoms with van der Waals surface area (Å²) < 4.78 is 39.8. The molecule has 218 valence electrons. The van der Waals surface area contributed by atoms with Gasteiger partial charge in [0.05, 0.1) is 15.6 Å². The van der Waals surface area contributed by atoms with E-state index >= 15 is 0 Å². The third-order valence-corrected chi connectivity index (χ3v) is 6.45. The molecule has 10 nitrogen and oxygen atoms in total. The number of nitrogens with one attached hydrogen (secondary N) is 2. The molecule has 1 atom stereocenters. The summed E-state index contributed by atoms with van der Waals surface area (Å²) >= 11 is 18.2. The largest absolute Gasteiger partial charge is 0.411 e. The summed E-state index contributed by atoms with van der Waals surface area (Å²) in [7, 11) is 0. The molecule has 0 saturated carbocycles. The lowest BCUT2D eigenvalue weighted by atomic mass is 10.0. The molecule has 0 aliphatic rings. The molecule has 16 heteroatoms. The van der Waals surface area contributed by atoms with Crippen LogP contribution in [0.3, 0.4) is 0 Å². The van der Waals surface area contributed by atoms with Gasteiger partial charge in [-0.3, -0.25) is 19.7 Å². The number of allylic oxidation sites excluding steroid dienone is 1. The highest BCUT2D eigenvalue weighted by Gasteiger charge is 2.31. The minimum atomic E-state index is -4.75. The minimum Gasteiger partial charge on any atom is -0.339 e. The summed E-state index contributed by atoms with van der Waals surface area (Å²) in [5.41, 5.74) is 3.43. The van der Waals surface area contributed by atoms with Gasteiger partial charge in [-0.15, -0.1) is 5.10 Å². The van der Waals surface area contributed by atoms with E-state index in [1.54, 1.807) is 0 Å². The number of carbonyl (C=O) groups excluding carboxylic acids is 3. The Bertz CT molecular complexity index is 1560. The van der Waals surface area contributed by atoms with E-state index < -0.39 is 47.7 Å². The third kappa shape index (κ3) is 8.19. The second kappa shape index (κ2) is 12.5. The van der Waals surface area contributed by atoms with Gasteiger partial charge in [-0.25, -0.2) is 14.0 Å². The van der Waals surface area contributed by atoms with Crippen LogP contribution in [0.25, 0.3) is 17.6 Å². The van der Waals surface area contributed by atoms with Crippen molar-refractivity contribution in [3.8, 4) is 11.4 Å². The summed E-state index contributed by atoms with van der Waals surface area (Å²) in [6, 6.07) is 8.38. The fraction of sp³-hybridized carbons (Fsp3) is 0.240. The van der Waals surface area contributed by atoms with Crippen molar-refractivity contribution in [2.45, 2.75) is 38.1 Å². The van der Waals surface area contributed by atoms with Crippen molar-refractivity contribution in [2.24, 2.45) is 5.73 Å². The Hall–Kier alpha value is -3.65. The SMILES string of the molecule is CC(C)(N)C(=O)NC(=O)C(NC(=O)Cn1nc(-c2ccc(Cl)cc2)n(/C=C/C(F)(F)F)c1=O)c1cccc(Cl)c1Cl. The Morgan fingerprint density at radius 3 is 2.29 bits per heavy atom. The Kier molecular flexibility index (Phi) is 9.70. The van der Waals surface area contributed by atoms with E-state index in [0.717, 1.165) is 0 Å². The van der Waals surface area contributed by atoms with Crippen LogP contribution in [0.2, 0.25) is 15.1 Å². The number of aromatic nitrogens is 3. The van der Waals surface area contributed by atoms with Gasteiger partial charge in [-0.05, 0) is 44.2 Å². The van der Waals surface area contributed by atoms with E-state index in [2.05, 4.69) is 15.7 Å². The van der Waals surface area contributed by atoms with Crippen LogP contribution in [0.15, 0.2) is 53.3 Å². The van der Waals surface area contributed by atoms with Gasteiger partial charge in [0.25, 0.3) is 5.91 Å². The number of hydrogen-bond donors (Lipinski definition) is 3. The van der Waals surface area contributed by atoms with Gasteiger partial charge in [-0.1, -0.05) is 46.9 Å². The van der Waals surface area contributed by atoms with Gasteiger partial charge in [0.15, 0.2) is 5.82 Å². The lowest BCUT2D eigenvalue weighted by Crippen LogP contribution is -2.53. The number of imide groups is 1. The molecule has 41 heavy (non-hydrogen) atoms. The number of carbonyl (C=O) groups is 3. The number of hydrogen-bond acceptors (Lipinski definition) is 6. The zero-order valence-electron chi connectivity index (χ0n) is 21.3. The molecule has 3 aromatic rings. The summed E-state index contributed by atoms with van der Waals surface area (Å²) in [5, 5.41) is 8.72. The Labute approximate surface area is 245 Å². The fourth-order valence-electron chi connectivity index (χ4n) is 3.33. The van der Waals surface area contributed by atoms with E-state index in [1.165, 1.54) is 56.3 Å². The molecule has 0 spiro atoms. The first-order chi connectivity index (χ1) is 19.0. The van der Waals surface area contributed by atoms with Crippen LogP contribution in [0, 0.1) is 0 Å². The highest BCUT2D eigenvalue weighted by Crippen LogP contribution is 2.30. The van der Waals surface area contributed by atoms with Crippen LogP contribution >= 0.6 is 34.8 Å². The molecule has 2 aromatic carbocycles. The Balaban J connectivity index is 1.98. The number of alkyl halides is 3. The summed E-state index contributed by atoms with van der Waals surface area (Å²) in [6.45, 7) is 1.87. The average Bonchev–Trinajstić information content (AvgIpc) is 3.17. The number of amides is 3. The van der Waals surface area contributed by atoms with Crippen molar-refractivity contribution in [3.63, 3.8) is 0 Å². The van der Waals surface area contributed by atoms with Gasteiger partial charge in [-0.2, -0.15) is 13.2 Å². The zero-order chi connectivity index (χ0) is 30.7.